The van der Waals surface area contributed by atoms with Crippen molar-refractivity contribution in [3.63, 3.8) is 0 Å². The van der Waals surface area contributed by atoms with Crippen molar-refractivity contribution in [1.82, 2.24) is 0 Å². The van der Waals surface area contributed by atoms with Gasteiger partial charge in [-0.05, 0) is 18.3 Å². The van der Waals surface area contributed by atoms with Crippen molar-refractivity contribution in [2.75, 3.05) is 0 Å². The van der Waals surface area contributed by atoms with Gasteiger partial charge in [0.2, 0.25) is 0 Å². The van der Waals surface area contributed by atoms with Crippen LogP contribution in [0.1, 0.15) is 52.9 Å². The fourth-order valence-electron chi connectivity index (χ4n) is 1.11. The Morgan fingerprint density at radius 3 is 2.08 bits per heavy atom. The van der Waals surface area contributed by atoms with Gasteiger partial charge in [-0.2, -0.15) is 0 Å². The van der Waals surface area contributed by atoms with Crippen LogP contribution in [0.3, 0.4) is 0 Å². The van der Waals surface area contributed by atoms with Crippen LogP contribution in [0.25, 0.3) is 0 Å². The molecule has 0 saturated heterocycles. The fraction of sp³-hybridized carbons (Fsp3) is 0.900. The summed E-state index contributed by atoms with van der Waals surface area (Å²) in [5.74, 6) is -0.675. The predicted molar refractivity (Wildman–Crippen MR) is 50.2 cm³/mol. The molecule has 13 heavy (non-hydrogen) atoms. The average molecular weight is 367 g/mol. The van der Waals surface area contributed by atoms with Gasteiger partial charge in [-0.25, -0.2) is 0 Å². The molecule has 0 radical (unpaired) electrons. The summed E-state index contributed by atoms with van der Waals surface area (Å²) in [6.45, 7) is 6.64. The zero-order chi connectivity index (χ0) is 9.61. The second-order valence-corrected chi connectivity index (χ2v) is 4.52. The Labute approximate surface area is 95.4 Å². The first kappa shape index (κ1) is 15.6. The maximum atomic E-state index is 10.2. The van der Waals surface area contributed by atoms with Crippen LogP contribution >= 0.6 is 0 Å². The normalized spacial score (nSPS) is 10.7. The summed E-state index contributed by atoms with van der Waals surface area (Å²) in [5, 5.41) is 8.37. The molecule has 0 amide bonds. The molecule has 0 unspecified atom stereocenters. The van der Waals surface area contributed by atoms with Gasteiger partial charge in [0.25, 0.3) is 0 Å². The second kappa shape index (κ2) is 7.55. The van der Waals surface area contributed by atoms with E-state index in [1.165, 1.54) is 6.42 Å². The molecule has 3 heteroatoms. The monoisotopic (exact) mass is 367 g/mol. The number of carbonyl (C=O) groups is 1. The summed E-state index contributed by atoms with van der Waals surface area (Å²) < 4.78 is 0. The summed E-state index contributed by atoms with van der Waals surface area (Å²) in [5.41, 5.74) is 0.392. The molecule has 0 aromatic carbocycles. The van der Waals surface area contributed by atoms with Crippen molar-refractivity contribution in [2.45, 2.75) is 52.9 Å². The minimum atomic E-state index is -0.675. The number of aliphatic carboxylic acids is 1. The van der Waals surface area contributed by atoms with Crippen LogP contribution in [0.2, 0.25) is 0 Å². The Balaban J connectivity index is 0. The average Bonchev–Trinajstić information content (AvgIpc) is 1.83. The molecule has 0 heterocycles. The number of hydrogen-bond acceptors (Lipinski definition) is 1. The van der Waals surface area contributed by atoms with E-state index in [2.05, 4.69) is 20.8 Å². The number of carboxylic acid groups (broad SMARTS) is 1. The molecular weight excluding hydrogens is 347 g/mol. The van der Waals surface area contributed by atoms with E-state index in [4.69, 9.17) is 5.11 Å². The van der Waals surface area contributed by atoms with E-state index < -0.39 is 5.97 Å². The molecule has 0 bridgehead atoms. The first-order valence-electron chi connectivity index (χ1n) is 4.63. The molecule has 0 rings (SSSR count). The van der Waals surface area contributed by atoms with E-state index in [0.717, 1.165) is 19.3 Å². The van der Waals surface area contributed by atoms with Gasteiger partial charge in [0.15, 0.2) is 0 Å². The summed E-state index contributed by atoms with van der Waals surface area (Å²) >= 11 is 0. The van der Waals surface area contributed by atoms with Gasteiger partial charge in [0.05, 0.1) is 0 Å². The standard InChI is InChI=1S/C10H20O2.Pt/c1-10(2,3)8-6-4-5-7-9(11)12;/h4-8H2,1-3H3,(H,11,12);/q;+2. The summed E-state index contributed by atoms with van der Waals surface area (Å²) in [7, 11) is 0. The largest absolute Gasteiger partial charge is 2.00 e. The Morgan fingerprint density at radius 1 is 1.15 bits per heavy atom. The van der Waals surface area contributed by atoms with Gasteiger partial charge in [-0.1, -0.05) is 33.6 Å². The zero-order valence-corrected chi connectivity index (χ0v) is 11.0. The van der Waals surface area contributed by atoms with Gasteiger partial charge in [-0.15, -0.1) is 0 Å². The maximum absolute atomic E-state index is 10.2. The Kier molecular flexibility index (Phi) is 9.08. The van der Waals surface area contributed by atoms with E-state index in [1.54, 1.807) is 0 Å². The first-order chi connectivity index (χ1) is 5.42. The quantitative estimate of drug-likeness (QED) is 0.759. The van der Waals surface area contributed by atoms with E-state index in [1.807, 2.05) is 0 Å². The molecule has 0 atom stereocenters. The number of rotatable bonds is 5. The molecule has 0 aromatic rings. The van der Waals surface area contributed by atoms with Crippen molar-refractivity contribution < 1.29 is 31.0 Å². The summed E-state index contributed by atoms with van der Waals surface area (Å²) in [6, 6.07) is 0. The van der Waals surface area contributed by atoms with Crippen LogP contribution in [0.15, 0.2) is 0 Å². The maximum Gasteiger partial charge on any atom is 2.00 e. The minimum Gasteiger partial charge on any atom is -0.481 e. The SMILES string of the molecule is CC(C)(C)CCCCCC(=O)O.[Pt+2]. The topological polar surface area (TPSA) is 37.3 Å². The third-order valence-electron chi connectivity index (χ3n) is 1.82. The van der Waals surface area contributed by atoms with Crippen molar-refractivity contribution in [3.8, 4) is 0 Å². The minimum absolute atomic E-state index is 0. The predicted octanol–water partition coefficient (Wildman–Crippen LogP) is 3.07. The number of unbranched alkanes of at least 4 members (excludes halogenated alkanes) is 2. The fourth-order valence-corrected chi connectivity index (χ4v) is 1.11. The third-order valence-corrected chi connectivity index (χ3v) is 1.82. The van der Waals surface area contributed by atoms with Crippen molar-refractivity contribution in [3.05, 3.63) is 0 Å². The molecule has 1 N–H and O–H groups in total. The Bertz CT molecular complexity index is 138. The molecular formula is C10H20O2Pt+2. The molecule has 0 aromatic heterocycles. The zero-order valence-electron chi connectivity index (χ0n) is 8.71. The van der Waals surface area contributed by atoms with Gasteiger partial charge in [-0.3, -0.25) is 4.79 Å². The molecule has 80 valence electrons. The van der Waals surface area contributed by atoms with E-state index in [9.17, 15) is 4.79 Å². The van der Waals surface area contributed by atoms with Gasteiger partial charge in [0, 0.05) is 6.42 Å². The molecule has 0 spiro atoms. The van der Waals surface area contributed by atoms with Crippen LogP contribution in [-0.4, -0.2) is 11.1 Å². The van der Waals surface area contributed by atoms with Gasteiger partial charge >= 0.3 is 27.0 Å². The van der Waals surface area contributed by atoms with Crippen LogP contribution < -0.4 is 0 Å². The third kappa shape index (κ3) is 15.0. The van der Waals surface area contributed by atoms with Crippen LogP contribution in [0, 0.1) is 5.41 Å². The molecule has 0 saturated carbocycles. The van der Waals surface area contributed by atoms with Crippen LogP contribution in [0.5, 0.6) is 0 Å². The molecule has 0 aliphatic carbocycles. The van der Waals surface area contributed by atoms with E-state index in [0.29, 0.717) is 11.8 Å². The Morgan fingerprint density at radius 2 is 1.69 bits per heavy atom. The Hall–Kier alpha value is 0.158. The van der Waals surface area contributed by atoms with E-state index in [-0.39, 0.29) is 21.1 Å². The van der Waals surface area contributed by atoms with Crippen molar-refractivity contribution in [2.24, 2.45) is 5.41 Å². The molecule has 2 nitrogen and oxygen atoms in total. The van der Waals surface area contributed by atoms with Gasteiger partial charge in [0.1, 0.15) is 0 Å². The van der Waals surface area contributed by atoms with Crippen molar-refractivity contribution in [1.29, 1.82) is 0 Å². The van der Waals surface area contributed by atoms with Crippen LogP contribution in [0.4, 0.5) is 0 Å². The van der Waals surface area contributed by atoms with Crippen LogP contribution in [-0.2, 0) is 25.9 Å². The van der Waals surface area contributed by atoms with E-state index >= 15 is 0 Å². The molecule has 0 fully saturated rings. The number of carboxylic acids is 1. The number of hydrogen-bond donors (Lipinski definition) is 1. The smallest absolute Gasteiger partial charge is 0.481 e. The summed E-state index contributed by atoms with van der Waals surface area (Å²) in [4.78, 5) is 10.2. The first-order valence-corrected chi connectivity index (χ1v) is 4.63. The van der Waals surface area contributed by atoms with Gasteiger partial charge < -0.3 is 5.11 Å². The molecule has 0 aliphatic heterocycles. The molecule has 0 aliphatic rings. The summed E-state index contributed by atoms with van der Waals surface area (Å²) in [6.07, 6.45) is 4.53. The van der Waals surface area contributed by atoms with Crippen molar-refractivity contribution >= 4 is 5.97 Å². The second-order valence-electron chi connectivity index (χ2n) is 4.52.